The number of pyridine rings is 1. The van der Waals surface area contributed by atoms with Gasteiger partial charge in [0.05, 0.1) is 11.1 Å². The third kappa shape index (κ3) is 5.22. The van der Waals surface area contributed by atoms with E-state index < -0.39 is 30.1 Å². The highest BCUT2D eigenvalue weighted by molar-refractivity contribution is 7.99. The van der Waals surface area contributed by atoms with Crippen molar-refractivity contribution in [2.45, 2.75) is 10.8 Å². The number of thiophene rings is 1. The van der Waals surface area contributed by atoms with Crippen LogP contribution in [0.3, 0.4) is 0 Å². The molecule has 0 saturated heterocycles. The maximum absolute atomic E-state index is 12.5. The van der Waals surface area contributed by atoms with Crippen molar-refractivity contribution in [3.63, 3.8) is 0 Å². The molecule has 0 spiro atoms. The van der Waals surface area contributed by atoms with E-state index in [1.807, 2.05) is 0 Å². The number of anilines is 1. The lowest BCUT2D eigenvalue weighted by molar-refractivity contribution is -0.119. The molecule has 0 unspecified atom stereocenters. The van der Waals surface area contributed by atoms with E-state index in [4.69, 9.17) is 10.5 Å². The van der Waals surface area contributed by atoms with Gasteiger partial charge in [-0.05, 0) is 35.3 Å². The van der Waals surface area contributed by atoms with Crippen molar-refractivity contribution >= 4 is 45.9 Å². The van der Waals surface area contributed by atoms with Gasteiger partial charge in [0.2, 0.25) is 0 Å². The lowest BCUT2D eigenvalue weighted by Crippen LogP contribution is -2.22. The number of amides is 2. The number of primary amides is 1. The van der Waals surface area contributed by atoms with Crippen LogP contribution in [0.1, 0.15) is 20.7 Å². The first-order valence-corrected chi connectivity index (χ1v) is 8.38. The molecule has 0 aliphatic carbocycles. The molecule has 0 aliphatic heterocycles. The van der Waals surface area contributed by atoms with Gasteiger partial charge in [-0.2, -0.15) is 8.78 Å². The van der Waals surface area contributed by atoms with Gasteiger partial charge in [-0.15, -0.1) is 11.3 Å². The number of nitrogens with two attached hydrogens (primary N) is 1. The second kappa shape index (κ2) is 8.53. The third-order valence-electron chi connectivity index (χ3n) is 2.71. The Morgan fingerprint density at radius 1 is 1.32 bits per heavy atom. The summed E-state index contributed by atoms with van der Waals surface area (Å²) < 4.78 is 29.7. The van der Waals surface area contributed by atoms with Crippen molar-refractivity contribution in [1.29, 1.82) is 0 Å². The smallest absolute Gasteiger partial charge is 0.341 e. The number of nitrogens with one attached hydrogen (secondary N) is 1. The van der Waals surface area contributed by atoms with E-state index in [0.29, 0.717) is 0 Å². The zero-order chi connectivity index (χ0) is 18.4. The Bertz CT molecular complexity index is 798. The van der Waals surface area contributed by atoms with E-state index in [1.54, 1.807) is 5.38 Å². The van der Waals surface area contributed by atoms with Crippen LogP contribution >= 0.6 is 23.1 Å². The van der Waals surface area contributed by atoms with Crippen molar-refractivity contribution in [3.8, 4) is 0 Å². The Morgan fingerprint density at radius 2 is 2.08 bits per heavy atom. The summed E-state index contributed by atoms with van der Waals surface area (Å²) in [5.74, 6) is -5.13. The molecule has 2 amide bonds. The molecule has 0 bridgehead atoms. The van der Waals surface area contributed by atoms with Gasteiger partial charge in [0.1, 0.15) is 10.0 Å². The standard InChI is InChI=1S/C14H11F2N3O4S2/c15-14(16)25-11-8(2-1-4-18-11)13(22)23-6-9(20)19-12-7(10(17)21)3-5-24-12/h1-5,14H,6H2,(H2,17,21)(H,19,20). The molecule has 25 heavy (non-hydrogen) atoms. The summed E-state index contributed by atoms with van der Waals surface area (Å²) in [6.07, 6.45) is 1.26. The summed E-state index contributed by atoms with van der Waals surface area (Å²) in [6.45, 7) is -0.664. The normalized spacial score (nSPS) is 10.5. The van der Waals surface area contributed by atoms with Crippen LogP contribution in [-0.4, -0.2) is 35.1 Å². The molecule has 0 aromatic carbocycles. The highest BCUT2D eigenvalue weighted by atomic mass is 32.2. The Morgan fingerprint density at radius 3 is 2.76 bits per heavy atom. The van der Waals surface area contributed by atoms with Crippen LogP contribution in [0, 0.1) is 0 Å². The summed E-state index contributed by atoms with van der Waals surface area (Å²) >= 11 is 1.18. The first-order valence-electron chi connectivity index (χ1n) is 6.62. The maximum atomic E-state index is 12.5. The van der Waals surface area contributed by atoms with Gasteiger partial charge in [0, 0.05) is 6.20 Å². The molecule has 132 valence electrons. The molecule has 0 radical (unpaired) electrons. The SMILES string of the molecule is NC(=O)c1ccsc1NC(=O)COC(=O)c1cccnc1SC(F)F. The number of thioether (sulfide) groups is 1. The van der Waals surface area contributed by atoms with E-state index in [2.05, 4.69) is 10.3 Å². The highest BCUT2D eigenvalue weighted by Gasteiger charge is 2.19. The second-order valence-electron chi connectivity index (χ2n) is 4.39. The summed E-state index contributed by atoms with van der Waals surface area (Å²) in [4.78, 5) is 38.6. The molecule has 11 heteroatoms. The monoisotopic (exact) mass is 387 g/mol. The molecular formula is C14H11F2N3O4S2. The number of hydrogen-bond acceptors (Lipinski definition) is 7. The Balaban J connectivity index is 1.97. The predicted octanol–water partition coefficient (Wildman–Crippen LogP) is 2.35. The van der Waals surface area contributed by atoms with Crippen LogP contribution < -0.4 is 11.1 Å². The van der Waals surface area contributed by atoms with Crippen LogP contribution in [0.2, 0.25) is 0 Å². The molecule has 7 nitrogen and oxygen atoms in total. The minimum atomic E-state index is -2.75. The number of aromatic nitrogens is 1. The number of rotatable bonds is 7. The van der Waals surface area contributed by atoms with Crippen molar-refractivity contribution in [2.24, 2.45) is 5.73 Å². The fraction of sp³-hybridized carbons (Fsp3) is 0.143. The number of alkyl halides is 2. The number of esters is 1. The van der Waals surface area contributed by atoms with Crippen molar-refractivity contribution in [1.82, 2.24) is 4.98 Å². The average Bonchev–Trinajstić information content (AvgIpc) is 3.01. The van der Waals surface area contributed by atoms with Crippen molar-refractivity contribution in [3.05, 3.63) is 40.9 Å². The van der Waals surface area contributed by atoms with E-state index in [1.165, 1.54) is 24.4 Å². The fourth-order valence-corrected chi connectivity index (χ4v) is 3.07. The Kier molecular flexibility index (Phi) is 6.42. The van der Waals surface area contributed by atoms with Gasteiger partial charge < -0.3 is 15.8 Å². The summed E-state index contributed by atoms with van der Waals surface area (Å²) in [5, 5.41) is 3.98. The number of hydrogen-bond donors (Lipinski definition) is 2. The molecule has 3 N–H and O–H groups in total. The summed E-state index contributed by atoms with van der Waals surface area (Å²) in [5.41, 5.74) is 5.11. The average molecular weight is 387 g/mol. The predicted molar refractivity (Wildman–Crippen MR) is 87.8 cm³/mol. The Hall–Kier alpha value is -2.53. The van der Waals surface area contributed by atoms with Gasteiger partial charge >= 0.3 is 5.97 Å². The first-order chi connectivity index (χ1) is 11.9. The first kappa shape index (κ1) is 18.8. The lowest BCUT2D eigenvalue weighted by Gasteiger charge is -2.08. The molecule has 0 fully saturated rings. The number of halogens is 2. The van der Waals surface area contributed by atoms with Gasteiger partial charge in [-0.25, -0.2) is 9.78 Å². The van der Waals surface area contributed by atoms with Crippen LogP contribution in [-0.2, 0) is 9.53 Å². The molecule has 2 heterocycles. The van der Waals surface area contributed by atoms with Crippen molar-refractivity contribution in [2.75, 3.05) is 11.9 Å². The minimum Gasteiger partial charge on any atom is -0.452 e. The van der Waals surface area contributed by atoms with Crippen molar-refractivity contribution < 1.29 is 27.9 Å². The van der Waals surface area contributed by atoms with E-state index in [0.717, 1.165) is 11.3 Å². The molecule has 0 aliphatic rings. The van der Waals surface area contributed by atoms with Crippen LogP contribution in [0.15, 0.2) is 34.8 Å². The summed E-state index contributed by atoms with van der Waals surface area (Å²) in [6, 6.07) is 4.09. The van der Waals surface area contributed by atoms with E-state index >= 15 is 0 Å². The minimum absolute atomic E-state index is 0.101. The van der Waals surface area contributed by atoms with Gasteiger partial charge in [-0.1, -0.05) is 0 Å². The molecular weight excluding hydrogens is 376 g/mol. The summed E-state index contributed by atoms with van der Waals surface area (Å²) in [7, 11) is 0. The highest BCUT2D eigenvalue weighted by Crippen LogP contribution is 2.27. The third-order valence-corrected chi connectivity index (χ3v) is 4.27. The number of carbonyl (C=O) groups is 3. The van der Waals surface area contributed by atoms with Crippen LogP contribution in [0.25, 0.3) is 0 Å². The Labute approximate surface area is 148 Å². The maximum Gasteiger partial charge on any atom is 0.341 e. The number of nitrogens with zero attached hydrogens (tertiary/aromatic N) is 1. The van der Waals surface area contributed by atoms with Gasteiger partial charge in [0.25, 0.3) is 17.6 Å². The van der Waals surface area contributed by atoms with Gasteiger partial charge in [0.15, 0.2) is 6.61 Å². The molecule has 0 saturated carbocycles. The zero-order valence-corrected chi connectivity index (χ0v) is 14.0. The number of carbonyl (C=O) groups excluding carboxylic acids is 3. The zero-order valence-electron chi connectivity index (χ0n) is 12.4. The molecule has 2 aromatic rings. The topological polar surface area (TPSA) is 111 Å². The largest absolute Gasteiger partial charge is 0.452 e. The molecule has 2 aromatic heterocycles. The molecule has 0 atom stereocenters. The quantitative estimate of drug-likeness (QED) is 0.557. The van der Waals surface area contributed by atoms with Gasteiger partial charge in [-0.3, -0.25) is 9.59 Å². The lowest BCUT2D eigenvalue weighted by atomic mass is 10.3. The number of ether oxygens (including phenoxy) is 1. The fourth-order valence-electron chi connectivity index (χ4n) is 1.70. The van der Waals surface area contributed by atoms with E-state index in [9.17, 15) is 23.2 Å². The van der Waals surface area contributed by atoms with Crippen LogP contribution in [0.4, 0.5) is 13.8 Å². The second-order valence-corrected chi connectivity index (χ2v) is 6.28. The van der Waals surface area contributed by atoms with E-state index in [-0.39, 0.29) is 32.9 Å². The van der Waals surface area contributed by atoms with Crippen LogP contribution in [0.5, 0.6) is 0 Å². The molecule has 2 rings (SSSR count).